The van der Waals surface area contributed by atoms with Crippen molar-refractivity contribution >= 4 is 18.0 Å². The number of pyridine rings is 1. The second kappa shape index (κ2) is 7.82. The smallest absolute Gasteiger partial charge is 0.417 e. The largest absolute Gasteiger partial charge is 0.447 e. The molecule has 0 aromatic carbocycles. The third-order valence-corrected chi connectivity index (χ3v) is 4.69. The van der Waals surface area contributed by atoms with Crippen LogP contribution in [0.2, 0.25) is 0 Å². The molecule has 3 aromatic heterocycles. The van der Waals surface area contributed by atoms with E-state index in [0.717, 1.165) is 17.9 Å². The number of carbonyl (C=O) groups excluding carboxylic acids is 1. The highest BCUT2D eigenvalue weighted by Gasteiger charge is 2.35. The SMILES string of the molecule is CC[C@H]1COC(=O)N1c1nc(C)nc(N[C@@H](C)c2cn(-c3ccccn3)cn2)n1. The van der Waals surface area contributed by atoms with Crippen molar-refractivity contribution in [1.29, 1.82) is 0 Å². The van der Waals surface area contributed by atoms with Gasteiger partial charge in [0.1, 0.15) is 24.6 Å². The Hall–Kier alpha value is -3.56. The normalized spacial score (nSPS) is 17.3. The number of imidazole rings is 1. The Balaban J connectivity index is 1.54. The standard InChI is InChI=1S/C19H22N8O2/c1-4-14-10-29-19(28)27(14)18-24-13(3)23-17(25-18)22-12(2)15-9-26(11-21-15)16-7-5-6-8-20-16/h5-9,11-12,14H,4,10H2,1-3H3,(H,22,23,24,25)/t12-,14-/m0/s1. The molecule has 3 aromatic rings. The number of rotatable bonds is 6. The number of nitrogens with one attached hydrogen (secondary N) is 1. The van der Waals surface area contributed by atoms with E-state index in [0.29, 0.717) is 24.3 Å². The van der Waals surface area contributed by atoms with E-state index in [-0.39, 0.29) is 12.1 Å². The Morgan fingerprint density at radius 1 is 1.28 bits per heavy atom. The van der Waals surface area contributed by atoms with Crippen molar-refractivity contribution in [2.75, 3.05) is 16.8 Å². The molecule has 29 heavy (non-hydrogen) atoms. The van der Waals surface area contributed by atoms with Gasteiger partial charge in [-0.05, 0) is 32.4 Å². The molecule has 2 atom stereocenters. The highest BCUT2D eigenvalue weighted by Crippen LogP contribution is 2.23. The number of carbonyl (C=O) groups is 1. The van der Waals surface area contributed by atoms with E-state index in [1.807, 2.05) is 42.8 Å². The minimum atomic E-state index is -0.435. The topological polar surface area (TPSA) is 111 Å². The number of nitrogens with zero attached hydrogens (tertiary/aromatic N) is 7. The highest BCUT2D eigenvalue weighted by molar-refractivity contribution is 5.88. The first-order valence-electron chi connectivity index (χ1n) is 9.45. The number of ether oxygens (including phenoxy) is 1. The van der Waals surface area contributed by atoms with Crippen LogP contribution in [0.15, 0.2) is 36.9 Å². The molecule has 0 spiro atoms. The van der Waals surface area contributed by atoms with Crippen molar-refractivity contribution < 1.29 is 9.53 Å². The van der Waals surface area contributed by atoms with Crippen LogP contribution < -0.4 is 10.2 Å². The molecule has 1 aliphatic rings. The fourth-order valence-electron chi connectivity index (χ4n) is 3.11. The maximum Gasteiger partial charge on any atom is 0.417 e. The summed E-state index contributed by atoms with van der Waals surface area (Å²) < 4.78 is 7.00. The van der Waals surface area contributed by atoms with Gasteiger partial charge >= 0.3 is 6.09 Å². The maximum atomic E-state index is 12.1. The monoisotopic (exact) mass is 394 g/mol. The third-order valence-electron chi connectivity index (χ3n) is 4.69. The van der Waals surface area contributed by atoms with Crippen LogP contribution in [0.5, 0.6) is 0 Å². The molecule has 0 unspecified atom stereocenters. The molecule has 0 radical (unpaired) electrons. The number of hydrogen-bond acceptors (Lipinski definition) is 8. The molecule has 10 heteroatoms. The van der Waals surface area contributed by atoms with E-state index in [1.165, 1.54) is 4.90 Å². The van der Waals surface area contributed by atoms with Gasteiger partial charge < -0.3 is 10.1 Å². The molecule has 0 saturated carbocycles. The minimum absolute atomic E-state index is 0.0800. The van der Waals surface area contributed by atoms with Crippen molar-refractivity contribution in [1.82, 2.24) is 29.5 Å². The van der Waals surface area contributed by atoms with Gasteiger partial charge in [0, 0.05) is 12.4 Å². The zero-order chi connectivity index (χ0) is 20.4. The van der Waals surface area contributed by atoms with Crippen LogP contribution in [0.1, 0.15) is 37.8 Å². The fourth-order valence-corrected chi connectivity index (χ4v) is 3.11. The van der Waals surface area contributed by atoms with Crippen LogP contribution in [0.3, 0.4) is 0 Å². The van der Waals surface area contributed by atoms with E-state index < -0.39 is 6.09 Å². The van der Waals surface area contributed by atoms with E-state index in [1.54, 1.807) is 19.4 Å². The molecule has 1 fully saturated rings. The summed E-state index contributed by atoms with van der Waals surface area (Å²) in [6.45, 7) is 6.05. The number of amides is 1. The molecule has 4 rings (SSSR count). The van der Waals surface area contributed by atoms with Crippen molar-refractivity contribution in [3.05, 3.63) is 48.4 Å². The van der Waals surface area contributed by atoms with E-state index >= 15 is 0 Å². The second-order valence-corrected chi connectivity index (χ2v) is 6.77. The van der Waals surface area contributed by atoms with Crippen molar-refractivity contribution in [2.24, 2.45) is 0 Å². The zero-order valence-electron chi connectivity index (χ0n) is 16.5. The Morgan fingerprint density at radius 2 is 2.14 bits per heavy atom. The third kappa shape index (κ3) is 3.86. The Morgan fingerprint density at radius 3 is 2.90 bits per heavy atom. The first kappa shape index (κ1) is 18.8. The van der Waals surface area contributed by atoms with Gasteiger partial charge in [-0.2, -0.15) is 15.0 Å². The average molecular weight is 394 g/mol. The molecule has 0 aliphatic carbocycles. The Bertz CT molecular complexity index is 1010. The first-order chi connectivity index (χ1) is 14.0. The minimum Gasteiger partial charge on any atom is -0.447 e. The Labute approximate surface area is 168 Å². The van der Waals surface area contributed by atoms with E-state index in [2.05, 4.69) is 30.2 Å². The van der Waals surface area contributed by atoms with Crippen LogP contribution in [0.25, 0.3) is 5.82 Å². The summed E-state index contributed by atoms with van der Waals surface area (Å²) in [7, 11) is 0. The van der Waals surface area contributed by atoms with Crippen LogP contribution in [-0.4, -0.2) is 48.2 Å². The van der Waals surface area contributed by atoms with Gasteiger partial charge in [0.2, 0.25) is 11.9 Å². The summed E-state index contributed by atoms with van der Waals surface area (Å²) in [5, 5.41) is 3.24. The number of aryl methyl sites for hydroxylation is 1. The van der Waals surface area contributed by atoms with E-state index in [4.69, 9.17) is 4.74 Å². The molecule has 1 N–H and O–H groups in total. The lowest BCUT2D eigenvalue weighted by Crippen LogP contribution is -2.34. The van der Waals surface area contributed by atoms with Gasteiger partial charge in [-0.1, -0.05) is 13.0 Å². The summed E-state index contributed by atoms with van der Waals surface area (Å²) >= 11 is 0. The second-order valence-electron chi connectivity index (χ2n) is 6.77. The van der Waals surface area contributed by atoms with Gasteiger partial charge in [-0.25, -0.2) is 19.7 Å². The van der Waals surface area contributed by atoms with Gasteiger partial charge in [0.05, 0.1) is 17.8 Å². The molecular weight excluding hydrogens is 372 g/mol. The number of hydrogen-bond donors (Lipinski definition) is 1. The van der Waals surface area contributed by atoms with Crippen LogP contribution >= 0.6 is 0 Å². The molecule has 1 aliphatic heterocycles. The number of cyclic esters (lactones) is 1. The lowest BCUT2D eigenvalue weighted by molar-refractivity contribution is 0.178. The fraction of sp³-hybridized carbons (Fsp3) is 0.368. The number of anilines is 2. The van der Waals surface area contributed by atoms with Crippen molar-refractivity contribution in [3.8, 4) is 5.82 Å². The lowest BCUT2D eigenvalue weighted by atomic mass is 10.2. The molecule has 4 heterocycles. The summed E-state index contributed by atoms with van der Waals surface area (Å²) in [6, 6.07) is 5.45. The Kier molecular flexibility index (Phi) is 5.07. The maximum absolute atomic E-state index is 12.1. The summed E-state index contributed by atoms with van der Waals surface area (Å²) in [5.74, 6) is 1.97. The first-order valence-corrected chi connectivity index (χ1v) is 9.45. The average Bonchev–Trinajstić information content (AvgIpc) is 3.35. The lowest BCUT2D eigenvalue weighted by Gasteiger charge is -2.19. The summed E-state index contributed by atoms with van der Waals surface area (Å²) in [4.78, 5) is 35.5. The van der Waals surface area contributed by atoms with Crippen LogP contribution in [0.4, 0.5) is 16.7 Å². The molecule has 1 saturated heterocycles. The molecule has 1 amide bonds. The summed E-state index contributed by atoms with van der Waals surface area (Å²) in [6.07, 6.45) is 5.67. The van der Waals surface area contributed by atoms with Gasteiger partial charge in [0.25, 0.3) is 0 Å². The molecule has 10 nitrogen and oxygen atoms in total. The molecule has 150 valence electrons. The summed E-state index contributed by atoms with van der Waals surface area (Å²) in [5.41, 5.74) is 0.808. The number of aromatic nitrogens is 6. The van der Waals surface area contributed by atoms with Crippen molar-refractivity contribution in [3.63, 3.8) is 0 Å². The zero-order valence-corrected chi connectivity index (χ0v) is 16.5. The predicted molar refractivity (Wildman–Crippen MR) is 106 cm³/mol. The quantitative estimate of drug-likeness (QED) is 0.679. The van der Waals surface area contributed by atoms with Gasteiger partial charge in [-0.15, -0.1) is 0 Å². The van der Waals surface area contributed by atoms with E-state index in [9.17, 15) is 4.79 Å². The van der Waals surface area contributed by atoms with Crippen molar-refractivity contribution in [2.45, 2.75) is 39.3 Å². The molecule has 0 bridgehead atoms. The molecular formula is C19H22N8O2. The van der Waals surface area contributed by atoms with Gasteiger partial charge in [0.15, 0.2) is 0 Å². The predicted octanol–water partition coefficient (Wildman–Crippen LogP) is 2.67. The van der Waals surface area contributed by atoms with Crippen LogP contribution in [0, 0.1) is 6.92 Å². The highest BCUT2D eigenvalue weighted by atomic mass is 16.6. The van der Waals surface area contributed by atoms with Gasteiger partial charge in [-0.3, -0.25) is 4.57 Å². The van der Waals surface area contributed by atoms with Crippen LogP contribution in [-0.2, 0) is 4.74 Å².